The third-order valence-electron chi connectivity index (χ3n) is 7.66. The number of hydrogen-bond donors (Lipinski definition) is 4. The fraction of sp³-hybridized carbons (Fsp3) is 0.200. The number of nitrogens with one attached hydrogen (secondary N) is 2. The number of amides is 2. The molecule has 0 saturated carbocycles. The van der Waals surface area contributed by atoms with Crippen LogP contribution in [0.3, 0.4) is 0 Å². The Balaban J connectivity index is 1.68. The first kappa shape index (κ1) is 40.0. The summed E-state index contributed by atoms with van der Waals surface area (Å²) in [4.78, 5) is 48.6. The second-order valence-corrected chi connectivity index (χ2v) is 14.7. The molecule has 53 heavy (non-hydrogen) atoms. The normalized spacial score (nSPS) is 13.1. The highest BCUT2D eigenvalue weighted by molar-refractivity contribution is 7.86. The van der Waals surface area contributed by atoms with Crippen molar-refractivity contribution < 1.29 is 45.1 Å². The van der Waals surface area contributed by atoms with Crippen LogP contribution in [-0.4, -0.2) is 61.4 Å². The fourth-order valence-electron chi connectivity index (χ4n) is 4.97. The minimum Gasteiger partial charge on any atom is -0.324 e. The van der Waals surface area contributed by atoms with Gasteiger partial charge in [-0.25, -0.2) is 0 Å². The number of hydrogen-bond acceptors (Lipinski definition) is 12. The van der Waals surface area contributed by atoms with Crippen LogP contribution in [0.1, 0.15) is 30.5 Å². The van der Waals surface area contributed by atoms with E-state index in [9.17, 15) is 45.1 Å². The molecule has 276 valence electrons. The summed E-state index contributed by atoms with van der Waals surface area (Å²) >= 11 is 0. The molecule has 4 N–H and O–H groups in total. The molecule has 0 fully saturated rings. The van der Waals surface area contributed by atoms with Gasteiger partial charge < -0.3 is 10.6 Å². The molecule has 0 aliphatic rings. The monoisotopic (exact) mass is 762 g/mol. The number of carbonyl (C=O) groups excluding carboxylic acids is 4. The third kappa shape index (κ3) is 10.2. The summed E-state index contributed by atoms with van der Waals surface area (Å²) in [5.41, 5.74) is 1.95. The Labute approximate surface area is 305 Å². The fourth-order valence-corrected chi connectivity index (χ4v) is 6.42. The van der Waals surface area contributed by atoms with Gasteiger partial charge in [0.05, 0.1) is 11.4 Å². The van der Waals surface area contributed by atoms with E-state index in [0.29, 0.717) is 16.9 Å². The molecule has 2 unspecified atom stereocenters. The average molecular weight is 763 g/mol. The zero-order valence-electron chi connectivity index (χ0n) is 28.9. The molecule has 4 aromatic carbocycles. The van der Waals surface area contributed by atoms with Crippen molar-refractivity contribution in [3.63, 3.8) is 0 Å². The summed E-state index contributed by atoms with van der Waals surface area (Å²) in [6.07, 6.45) is 0. The van der Waals surface area contributed by atoms with Crippen molar-refractivity contribution in [3.05, 3.63) is 95.6 Å². The van der Waals surface area contributed by atoms with Crippen LogP contribution in [0, 0.1) is 20.8 Å². The van der Waals surface area contributed by atoms with E-state index < -0.39 is 76.6 Å². The summed E-state index contributed by atoms with van der Waals surface area (Å²) in [6.45, 7) is 7.58. The highest BCUT2D eigenvalue weighted by Crippen LogP contribution is 2.37. The van der Waals surface area contributed by atoms with Crippen LogP contribution < -0.4 is 10.6 Å². The van der Waals surface area contributed by atoms with Crippen molar-refractivity contribution in [1.29, 1.82) is 0 Å². The SMILES string of the molecule is CC(=O)C(N=Nc1ccc(-c2ccc(N=NC(C(C)=O)C(=O)Nc3ccc(C)cc3C)cc2S(=O)(=O)O)c(S(=O)(=O)O)c1)C(=O)Nc1ccccc1C. The summed E-state index contributed by atoms with van der Waals surface area (Å²) in [5.74, 6) is -2.98. The van der Waals surface area contributed by atoms with Crippen LogP contribution in [0.2, 0.25) is 0 Å². The molecule has 4 aromatic rings. The van der Waals surface area contributed by atoms with Crippen LogP contribution in [0.4, 0.5) is 22.7 Å². The molecule has 0 aliphatic carbocycles. The quantitative estimate of drug-likeness (QED) is 0.0688. The summed E-state index contributed by atoms with van der Waals surface area (Å²) in [5, 5.41) is 20.4. The lowest BCUT2D eigenvalue weighted by atomic mass is 10.0. The molecule has 16 nitrogen and oxygen atoms in total. The zero-order valence-corrected chi connectivity index (χ0v) is 30.6. The largest absolute Gasteiger partial charge is 0.324 e. The highest BCUT2D eigenvalue weighted by atomic mass is 32.2. The molecule has 0 heterocycles. The van der Waals surface area contributed by atoms with Gasteiger partial charge in [0, 0.05) is 22.5 Å². The Bertz CT molecular complexity index is 2410. The second-order valence-electron chi connectivity index (χ2n) is 11.9. The lowest BCUT2D eigenvalue weighted by Crippen LogP contribution is -2.32. The maximum absolute atomic E-state index is 12.9. The number of azo groups is 2. The molecule has 0 radical (unpaired) electrons. The maximum atomic E-state index is 12.9. The Morgan fingerprint density at radius 3 is 1.42 bits per heavy atom. The molecule has 2 atom stereocenters. The van der Waals surface area contributed by atoms with Gasteiger partial charge in [-0.2, -0.15) is 37.3 Å². The summed E-state index contributed by atoms with van der Waals surface area (Å²) < 4.78 is 70.3. The van der Waals surface area contributed by atoms with Crippen molar-refractivity contribution in [3.8, 4) is 11.1 Å². The van der Waals surface area contributed by atoms with E-state index in [4.69, 9.17) is 0 Å². The van der Waals surface area contributed by atoms with E-state index in [1.165, 1.54) is 6.07 Å². The topological polar surface area (TPSA) is 251 Å². The minimum atomic E-state index is -5.11. The van der Waals surface area contributed by atoms with E-state index >= 15 is 0 Å². The molecule has 2 amide bonds. The van der Waals surface area contributed by atoms with E-state index in [1.807, 2.05) is 13.0 Å². The number of nitrogens with zero attached hydrogens (tertiary/aromatic N) is 4. The molecular formula is C35H34N6O10S2. The number of ketones is 2. The Morgan fingerprint density at radius 1 is 0.585 bits per heavy atom. The van der Waals surface area contributed by atoms with Gasteiger partial charge in [0.25, 0.3) is 32.1 Å². The summed E-state index contributed by atoms with van der Waals surface area (Å²) in [6, 6.07) is 14.8. The standard InChI is InChI=1S/C35H34N6O10S2/c1-19-10-15-29(21(3)16-19)37-35(45)33(23(5)43)41-39-25-12-14-27(31(18-25)53(49,50)51)26-13-11-24(17-30(26)52(46,47)48)38-40-32(22(4)42)34(44)36-28-9-7-6-8-20(28)2/h6-18,32-33H,1-5H3,(H,36,44)(H,37,45)(H,46,47,48)(H,49,50,51). The minimum absolute atomic E-state index is 0.245. The lowest BCUT2D eigenvalue weighted by Gasteiger charge is -2.13. The molecule has 0 aliphatic heterocycles. The number of para-hydroxylation sites is 1. The first-order valence-corrected chi connectivity index (χ1v) is 18.4. The summed E-state index contributed by atoms with van der Waals surface area (Å²) in [7, 11) is -10.2. The van der Waals surface area contributed by atoms with E-state index in [0.717, 1.165) is 55.3 Å². The lowest BCUT2D eigenvalue weighted by molar-refractivity contribution is -0.127. The molecule has 0 aromatic heterocycles. The number of carbonyl (C=O) groups is 4. The van der Waals surface area contributed by atoms with Gasteiger partial charge in [-0.3, -0.25) is 28.3 Å². The number of anilines is 2. The Morgan fingerprint density at radius 2 is 1.02 bits per heavy atom. The van der Waals surface area contributed by atoms with Crippen LogP contribution in [0.25, 0.3) is 11.1 Å². The van der Waals surface area contributed by atoms with Gasteiger partial charge in [0.1, 0.15) is 9.79 Å². The zero-order chi connectivity index (χ0) is 39.2. The third-order valence-corrected chi connectivity index (χ3v) is 9.45. The van der Waals surface area contributed by atoms with E-state index in [-0.39, 0.29) is 11.4 Å². The van der Waals surface area contributed by atoms with Crippen molar-refractivity contribution in [2.75, 3.05) is 10.6 Å². The molecule has 0 spiro atoms. The second kappa shape index (κ2) is 16.2. The number of rotatable bonds is 13. The first-order valence-electron chi connectivity index (χ1n) is 15.6. The predicted molar refractivity (Wildman–Crippen MR) is 194 cm³/mol. The van der Waals surface area contributed by atoms with Gasteiger partial charge in [0.2, 0.25) is 12.1 Å². The first-order chi connectivity index (χ1) is 24.8. The average Bonchev–Trinajstić information content (AvgIpc) is 3.06. The maximum Gasteiger partial charge on any atom is 0.295 e. The van der Waals surface area contributed by atoms with E-state index in [2.05, 4.69) is 31.1 Å². The highest BCUT2D eigenvalue weighted by Gasteiger charge is 2.27. The van der Waals surface area contributed by atoms with Crippen molar-refractivity contribution in [1.82, 2.24) is 0 Å². The van der Waals surface area contributed by atoms with Crippen molar-refractivity contribution >= 4 is 66.4 Å². The van der Waals surface area contributed by atoms with Gasteiger partial charge in [0.15, 0.2) is 11.6 Å². The molecular weight excluding hydrogens is 729 g/mol. The number of Topliss-reactive ketones (excluding diaryl/α,β-unsaturated/α-hetero) is 2. The Kier molecular flexibility index (Phi) is 12.2. The van der Waals surface area contributed by atoms with Crippen LogP contribution in [0.5, 0.6) is 0 Å². The van der Waals surface area contributed by atoms with Crippen LogP contribution in [0.15, 0.2) is 109 Å². The molecule has 0 bridgehead atoms. The van der Waals surface area contributed by atoms with Crippen molar-refractivity contribution in [2.45, 2.75) is 56.5 Å². The molecule has 4 rings (SSSR count). The van der Waals surface area contributed by atoms with E-state index in [1.54, 1.807) is 50.2 Å². The predicted octanol–water partition coefficient (Wildman–Crippen LogP) is 6.13. The molecule has 0 saturated heterocycles. The Hall–Kier alpha value is -5.82. The van der Waals surface area contributed by atoms with Gasteiger partial charge >= 0.3 is 0 Å². The number of aryl methyl sites for hydroxylation is 3. The van der Waals surface area contributed by atoms with Crippen LogP contribution >= 0.6 is 0 Å². The van der Waals surface area contributed by atoms with Gasteiger partial charge in [-0.05, 0) is 82.1 Å². The van der Waals surface area contributed by atoms with Gasteiger partial charge in [-0.15, -0.1) is 0 Å². The molecule has 18 heteroatoms. The smallest absolute Gasteiger partial charge is 0.295 e. The number of benzene rings is 4. The van der Waals surface area contributed by atoms with Gasteiger partial charge in [-0.1, -0.05) is 48.0 Å². The van der Waals surface area contributed by atoms with Crippen LogP contribution in [-0.2, 0) is 39.4 Å². The van der Waals surface area contributed by atoms with Crippen molar-refractivity contribution in [2.24, 2.45) is 20.5 Å².